The van der Waals surface area contributed by atoms with Crippen LogP contribution < -0.4 is 20.9 Å². The van der Waals surface area contributed by atoms with E-state index in [4.69, 9.17) is 4.74 Å². The molecule has 3 atom stereocenters. The van der Waals surface area contributed by atoms with Crippen molar-refractivity contribution in [3.8, 4) is 5.75 Å². The van der Waals surface area contributed by atoms with Crippen molar-refractivity contribution in [1.82, 2.24) is 20.1 Å². The van der Waals surface area contributed by atoms with Crippen LogP contribution in [0.5, 0.6) is 5.75 Å². The molecule has 2 aliphatic rings. The molecule has 2 aliphatic heterocycles. The van der Waals surface area contributed by atoms with E-state index in [0.29, 0.717) is 26.2 Å². The van der Waals surface area contributed by atoms with E-state index in [-0.39, 0.29) is 35.3 Å². The van der Waals surface area contributed by atoms with Crippen molar-refractivity contribution >= 4 is 11.9 Å². The number of rotatable bonds is 6. The molecule has 1 fully saturated rings. The van der Waals surface area contributed by atoms with E-state index in [2.05, 4.69) is 10.6 Å². The van der Waals surface area contributed by atoms with Gasteiger partial charge in [-0.05, 0) is 42.0 Å². The molecule has 33 heavy (non-hydrogen) atoms. The minimum atomic E-state index is -0.632. The zero-order valence-electron chi connectivity index (χ0n) is 19.4. The van der Waals surface area contributed by atoms with Gasteiger partial charge in [-0.25, -0.2) is 4.79 Å². The number of urea groups is 1. The van der Waals surface area contributed by atoms with Gasteiger partial charge in [0.25, 0.3) is 5.56 Å². The average molecular weight is 453 g/mol. The highest BCUT2D eigenvalue weighted by molar-refractivity contribution is 5.87. The Hall–Kier alpha value is -3.29. The third-order valence-corrected chi connectivity index (χ3v) is 6.62. The van der Waals surface area contributed by atoms with Gasteiger partial charge in [0.05, 0.1) is 7.11 Å². The van der Waals surface area contributed by atoms with E-state index in [1.807, 2.05) is 48.7 Å². The van der Waals surface area contributed by atoms with Gasteiger partial charge in [-0.1, -0.05) is 32.0 Å². The predicted octanol–water partition coefficient (Wildman–Crippen LogP) is 2.33. The summed E-state index contributed by atoms with van der Waals surface area (Å²) in [6.07, 6.45) is 0.975. The fourth-order valence-corrected chi connectivity index (χ4v) is 4.86. The van der Waals surface area contributed by atoms with E-state index >= 15 is 0 Å². The Morgan fingerprint density at radius 3 is 2.55 bits per heavy atom. The van der Waals surface area contributed by atoms with Crippen LogP contribution >= 0.6 is 0 Å². The normalized spacial score (nSPS) is 20.1. The first-order valence-corrected chi connectivity index (χ1v) is 11.5. The molecule has 3 amide bonds. The minimum Gasteiger partial charge on any atom is -0.497 e. The molecule has 1 saturated heterocycles. The van der Waals surface area contributed by atoms with E-state index in [1.165, 1.54) is 0 Å². The first-order valence-electron chi connectivity index (χ1n) is 11.5. The molecule has 2 bridgehead atoms. The number of fused-ring (bicyclic) bond motifs is 4. The number of amides is 3. The number of hydrogen-bond acceptors (Lipinski definition) is 4. The first-order chi connectivity index (χ1) is 15.9. The molecule has 176 valence electrons. The molecule has 0 saturated carbocycles. The van der Waals surface area contributed by atoms with Crippen molar-refractivity contribution in [2.45, 2.75) is 45.3 Å². The minimum absolute atomic E-state index is 0.0218. The van der Waals surface area contributed by atoms with Crippen molar-refractivity contribution in [2.75, 3.05) is 20.2 Å². The average Bonchev–Trinajstić information content (AvgIpc) is 2.81. The van der Waals surface area contributed by atoms with Crippen LogP contribution in [-0.4, -0.2) is 47.6 Å². The molecule has 0 unspecified atom stereocenters. The van der Waals surface area contributed by atoms with Crippen molar-refractivity contribution in [2.24, 2.45) is 11.8 Å². The summed E-state index contributed by atoms with van der Waals surface area (Å²) in [4.78, 5) is 40.0. The third-order valence-electron chi connectivity index (χ3n) is 6.62. The maximum Gasteiger partial charge on any atom is 0.318 e. The lowest BCUT2D eigenvalue weighted by atomic mass is 9.83. The molecule has 3 heterocycles. The molecule has 1 aromatic carbocycles. The van der Waals surface area contributed by atoms with Crippen LogP contribution in [0.25, 0.3) is 0 Å². The molecule has 8 nitrogen and oxygen atoms in total. The summed E-state index contributed by atoms with van der Waals surface area (Å²) in [6, 6.07) is 12.0. The molecule has 1 aromatic heterocycles. The summed E-state index contributed by atoms with van der Waals surface area (Å²) in [5.41, 5.74) is 1.97. The van der Waals surface area contributed by atoms with Gasteiger partial charge in [0.2, 0.25) is 5.91 Å². The lowest BCUT2D eigenvalue weighted by Crippen LogP contribution is -2.57. The molecule has 0 aliphatic carbocycles. The summed E-state index contributed by atoms with van der Waals surface area (Å²) in [5.74, 6) is 0.870. The van der Waals surface area contributed by atoms with Gasteiger partial charge in [0, 0.05) is 43.9 Å². The van der Waals surface area contributed by atoms with Gasteiger partial charge in [-0.3, -0.25) is 9.59 Å². The highest BCUT2D eigenvalue weighted by Crippen LogP contribution is 2.34. The van der Waals surface area contributed by atoms with E-state index in [1.54, 1.807) is 24.1 Å². The second-order valence-electron chi connectivity index (χ2n) is 9.34. The number of nitrogens with zero attached hydrogens (tertiary/aromatic N) is 2. The van der Waals surface area contributed by atoms with Crippen LogP contribution in [0.15, 0.2) is 47.3 Å². The largest absolute Gasteiger partial charge is 0.497 e. The van der Waals surface area contributed by atoms with Gasteiger partial charge in [0.1, 0.15) is 11.8 Å². The van der Waals surface area contributed by atoms with E-state index in [0.717, 1.165) is 23.4 Å². The fraction of sp³-hybridized carbons (Fsp3) is 0.480. The summed E-state index contributed by atoms with van der Waals surface area (Å²) in [6.45, 7) is 5.98. The molecule has 0 radical (unpaired) electrons. The Balaban J connectivity index is 1.38. The van der Waals surface area contributed by atoms with Crippen molar-refractivity contribution in [3.63, 3.8) is 0 Å². The van der Waals surface area contributed by atoms with Gasteiger partial charge in [0.15, 0.2) is 0 Å². The van der Waals surface area contributed by atoms with Gasteiger partial charge in [-0.15, -0.1) is 0 Å². The maximum atomic E-state index is 13.1. The number of ether oxygens (including phenoxy) is 1. The number of nitrogens with one attached hydrogen (secondary N) is 2. The van der Waals surface area contributed by atoms with Crippen molar-refractivity contribution in [3.05, 3.63) is 64.1 Å². The van der Waals surface area contributed by atoms with Crippen molar-refractivity contribution in [1.29, 1.82) is 0 Å². The number of carbonyl (C=O) groups excluding carboxylic acids is 2. The summed E-state index contributed by atoms with van der Waals surface area (Å²) < 4.78 is 7.01. The first kappa shape index (κ1) is 22.9. The number of hydrogen-bond donors (Lipinski definition) is 2. The zero-order chi connectivity index (χ0) is 23.5. The second-order valence-corrected chi connectivity index (χ2v) is 9.34. The van der Waals surface area contributed by atoms with E-state index in [9.17, 15) is 14.4 Å². The van der Waals surface area contributed by atoms with Crippen LogP contribution in [0, 0.1) is 11.8 Å². The summed E-state index contributed by atoms with van der Waals surface area (Å²) in [5, 5.41) is 5.89. The smallest absolute Gasteiger partial charge is 0.318 e. The Morgan fingerprint density at radius 1 is 1.09 bits per heavy atom. The number of likely N-dealkylation sites (tertiary alicyclic amines) is 1. The number of aromatic nitrogens is 1. The molecular weight excluding hydrogens is 420 g/mol. The highest BCUT2D eigenvalue weighted by Gasteiger charge is 2.37. The lowest BCUT2D eigenvalue weighted by molar-refractivity contribution is -0.124. The van der Waals surface area contributed by atoms with Gasteiger partial charge >= 0.3 is 6.03 Å². The van der Waals surface area contributed by atoms with Crippen LogP contribution in [0.1, 0.15) is 37.4 Å². The molecule has 4 rings (SSSR count). The van der Waals surface area contributed by atoms with E-state index < -0.39 is 6.04 Å². The lowest BCUT2D eigenvalue weighted by Gasteiger charge is -2.43. The number of methoxy groups -OCH3 is 1. The van der Waals surface area contributed by atoms with Crippen LogP contribution in [0.2, 0.25) is 0 Å². The topological polar surface area (TPSA) is 92.7 Å². The fourth-order valence-electron chi connectivity index (χ4n) is 4.86. The quantitative estimate of drug-likeness (QED) is 0.704. The molecule has 2 aromatic rings. The number of piperidine rings is 1. The molecular formula is C25H32N4O4. The Morgan fingerprint density at radius 2 is 1.85 bits per heavy atom. The third kappa shape index (κ3) is 5.05. The SMILES string of the molecule is COc1ccc(CNC(=O)[C@@H](NC(=O)N2C[C@@H]3C[C@@H](C2)c2cccc(=O)n2C3)C(C)C)cc1. The van der Waals surface area contributed by atoms with Crippen LogP contribution in [-0.2, 0) is 17.9 Å². The molecule has 8 heteroatoms. The summed E-state index contributed by atoms with van der Waals surface area (Å²) in [7, 11) is 1.61. The Bertz CT molecular complexity index is 1060. The Kier molecular flexibility index (Phi) is 6.72. The van der Waals surface area contributed by atoms with Crippen molar-refractivity contribution < 1.29 is 14.3 Å². The monoisotopic (exact) mass is 452 g/mol. The van der Waals surface area contributed by atoms with Crippen LogP contribution in [0.4, 0.5) is 4.79 Å². The molecule has 0 spiro atoms. The predicted molar refractivity (Wildman–Crippen MR) is 125 cm³/mol. The van der Waals surface area contributed by atoms with Crippen LogP contribution in [0.3, 0.4) is 0 Å². The maximum absolute atomic E-state index is 13.1. The van der Waals surface area contributed by atoms with Gasteiger partial charge in [-0.2, -0.15) is 0 Å². The number of pyridine rings is 1. The molecule has 2 N–H and O–H groups in total. The second kappa shape index (κ2) is 9.68. The highest BCUT2D eigenvalue weighted by atomic mass is 16.5. The summed E-state index contributed by atoms with van der Waals surface area (Å²) >= 11 is 0. The zero-order valence-corrected chi connectivity index (χ0v) is 19.4. The number of carbonyl (C=O) groups is 2. The standard InChI is InChI=1S/C25H32N4O4/c1-16(2)23(24(31)26-12-17-7-9-20(33-3)10-8-17)27-25(32)28-13-18-11-19(15-28)21-5-4-6-22(30)29(21)14-18/h4-10,16,18-19,23H,11-15H2,1-3H3,(H,26,31)(H,27,32)/t18-,19-,23-/m0/s1. The number of benzene rings is 1. The van der Waals surface area contributed by atoms with Gasteiger partial charge < -0.3 is 24.8 Å². The Labute approximate surface area is 193 Å².